The number of hydrogen-bond donors (Lipinski definition) is 1. The van der Waals surface area contributed by atoms with Crippen molar-refractivity contribution in [2.24, 2.45) is 10.7 Å². The van der Waals surface area contributed by atoms with E-state index in [1.54, 1.807) is 0 Å². The van der Waals surface area contributed by atoms with Crippen molar-refractivity contribution in [3.05, 3.63) is 35.9 Å². The van der Waals surface area contributed by atoms with Crippen LogP contribution < -0.4 is 5.73 Å². The first kappa shape index (κ1) is 12.5. The van der Waals surface area contributed by atoms with Crippen LogP contribution in [-0.4, -0.2) is 30.0 Å². The van der Waals surface area contributed by atoms with E-state index in [-0.39, 0.29) is 0 Å². The fraction of sp³-hybridized carbons (Fsp3) is 0.562. The van der Waals surface area contributed by atoms with Gasteiger partial charge in [-0.2, -0.15) is 0 Å². The van der Waals surface area contributed by atoms with E-state index in [0.717, 1.165) is 19.0 Å². The molecule has 2 aliphatic rings. The van der Waals surface area contributed by atoms with Gasteiger partial charge in [0, 0.05) is 19.0 Å². The van der Waals surface area contributed by atoms with Crippen molar-refractivity contribution in [2.45, 2.75) is 44.1 Å². The predicted octanol–water partition coefficient (Wildman–Crippen LogP) is 2.73. The molecule has 0 amide bonds. The predicted molar refractivity (Wildman–Crippen MR) is 79.3 cm³/mol. The maximum atomic E-state index is 6.18. The first-order valence-electron chi connectivity index (χ1n) is 7.46. The molecule has 1 aromatic rings. The molecule has 0 radical (unpaired) electrons. The Morgan fingerprint density at radius 2 is 1.84 bits per heavy atom. The van der Waals surface area contributed by atoms with E-state index in [1.165, 1.54) is 37.7 Å². The number of guanidine groups is 1. The third-order valence-electron chi connectivity index (χ3n) is 4.42. The van der Waals surface area contributed by atoms with Crippen LogP contribution in [-0.2, 0) is 0 Å². The summed E-state index contributed by atoms with van der Waals surface area (Å²) in [4.78, 5) is 6.97. The van der Waals surface area contributed by atoms with Crippen LogP contribution in [0.3, 0.4) is 0 Å². The minimum Gasteiger partial charge on any atom is -0.370 e. The SMILES string of the molecule is NC(=NC1CCCC1)N1CCC(c2ccccc2)C1. The van der Waals surface area contributed by atoms with Crippen molar-refractivity contribution >= 4 is 5.96 Å². The molecule has 1 aliphatic carbocycles. The van der Waals surface area contributed by atoms with E-state index in [1.807, 2.05) is 0 Å². The number of nitrogens with zero attached hydrogens (tertiary/aromatic N) is 2. The second-order valence-corrected chi connectivity index (χ2v) is 5.77. The molecule has 3 rings (SSSR count). The van der Waals surface area contributed by atoms with Gasteiger partial charge in [-0.25, -0.2) is 4.99 Å². The Labute approximate surface area is 115 Å². The average molecular weight is 257 g/mol. The van der Waals surface area contributed by atoms with E-state index in [2.05, 4.69) is 35.2 Å². The Hall–Kier alpha value is -1.51. The van der Waals surface area contributed by atoms with Gasteiger partial charge in [-0.05, 0) is 24.8 Å². The summed E-state index contributed by atoms with van der Waals surface area (Å²) in [6, 6.07) is 11.2. The minimum absolute atomic E-state index is 0.482. The van der Waals surface area contributed by atoms with Crippen molar-refractivity contribution in [1.82, 2.24) is 4.90 Å². The van der Waals surface area contributed by atoms with E-state index < -0.39 is 0 Å². The topological polar surface area (TPSA) is 41.6 Å². The second kappa shape index (κ2) is 5.64. The molecule has 19 heavy (non-hydrogen) atoms. The number of hydrogen-bond acceptors (Lipinski definition) is 1. The molecule has 0 aromatic heterocycles. The molecule has 3 nitrogen and oxygen atoms in total. The molecule has 3 heteroatoms. The molecule has 1 saturated carbocycles. The number of likely N-dealkylation sites (tertiary alicyclic amines) is 1. The number of aliphatic imine (C=N–C) groups is 1. The molecular formula is C16H23N3. The summed E-state index contributed by atoms with van der Waals surface area (Å²) in [6.07, 6.45) is 6.25. The lowest BCUT2D eigenvalue weighted by molar-refractivity contribution is 0.496. The molecule has 102 valence electrons. The van der Waals surface area contributed by atoms with Crippen molar-refractivity contribution in [3.63, 3.8) is 0 Å². The molecule has 1 aromatic carbocycles. The molecule has 1 aliphatic heterocycles. The molecule has 1 heterocycles. The monoisotopic (exact) mass is 257 g/mol. The van der Waals surface area contributed by atoms with Crippen molar-refractivity contribution < 1.29 is 0 Å². The van der Waals surface area contributed by atoms with Crippen molar-refractivity contribution in [2.75, 3.05) is 13.1 Å². The van der Waals surface area contributed by atoms with Gasteiger partial charge in [0.2, 0.25) is 0 Å². The van der Waals surface area contributed by atoms with Crippen LogP contribution in [0.1, 0.15) is 43.6 Å². The second-order valence-electron chi connectivity index (χ2n) is 5.77. The third kappa shape index (κ3) is 2.91. The summed E-state index contributed by atoms with van der Waals surface area (Å²) in [6.45, 7) is 2.06. The normalized spacial score (nSPS) is 25.2. The molecule has 2 N–H and O–H groups in total. The fourth-order valence-electron chi connectivity index (χ4n) is 3.27. The molecule has 2 fully saturated rings. The van der Waals surface area contributed by atoms with Crippen LogP contribution >= 0.6 is 0 Å². The highest BCUT2D eigenvalue weighted by molar-refractivity contribution is 5.78. The van der Waals surface area contributed by atoms with Crippen LogP contribution in [0.5, 0.6) is 0 Å². The van der Waals surface area contributed by atoms with Crippen LogP contribution in [0, 0.1) is 0 Å². The van der Waals surface area contributed by atoms with Crippen LogP contribution in [0.4, 0.5) is 0 Å². The van der Waals surface area contributed by atoms with Crippen molar-refractivity contribution in [1.29, 1.82) is 0 Å². The van der Waals surface area contributed by atoms with Crippen molar-refractivity contribution in [3.8, 4) is 0 Å². The lowest BCUT2D eigenvalue weighted by Crippen LogP contribution is -2.36. The van der Waals surface area contributed by atoms with E-state index in [0.29, 0.717) is 12.0 Å². The van der Waals surface area contributed by atoms with Gasteiger partial charge in [-0.3, -0.25) is 0 Å². The summed E-state index contributed by atoms with van der Waals surface area (Å²) >= 11 is 0. The highest BCUT2D eigenvalue weighted by Gasteiger charge is 2.25. The van der Waals surface area contributed by atoms with Gasteiger partial charge < -0.3 is 10.6 Å². The molecule has 0 bridgehead atoms. The number of benzene rings is 1. The van der Waals surface area contributed by atoms with Gasteiger partial charge in [0.15, 0.2) is 5.96 Å². The summed E-state index contributed by atoms with van der Waals surface area (Å²) in [7, 11) is 0. The summed E-state index contributed by atoms with van der Waals surface area (Å²) < 4.78 is 0. The first-order chi connectivity index (χ1) is 9.33. The molecule has 0 spiro atoms. The quantitative estimate of drug-likeness (QED) is 0.654. The van der Waals surface area contributed by atoms with Crippen LogP contribution in [0.2, 0.25) is 0 Å². The Kier molecular flexibility index (Phi) is 3.72. The smallest absolute Gasteiger partial charge is 0.191 e. The molecule has 1 atom stereocenters. The largest absolute Gasteiger partial charge is 0.370 e. The standard InChI is InChI=1S/C16H23N3/c17-16(18-15-8-4-5-9-15)19-11-10-14(12-19)13-6-2-1-3-7-13/h1-3,6-7,14-15H,4-5,8-12H2,(H2,17,18). The van der Waals surface area contributed by atoms with Gasteiger partial charge in [-0.1, -0.05) is 43.2 Å². The van der Waals surface area contributed by atoms with Crippen LogP contribution in [0.15, 0.2) is 35.3 Å². The van der Waals surface area contributed by atoms with Gasteiger partial charge in [0.25, 0.3) is 0 Å². The molecule has 1 unspecified atom stereocenters. The molecular weight excluding hydrogens is 234 g/mol. The van der Waals surface area contributed by atoms with E-state index in [4.69, 9.17) is 10.7 Å². The highest BCUT2D eigenvalue weighted by atomic mass is 15.3. The highest BCUT2D eigenvalue weighted by Crippen LogP contribution is 2.27. The Morgan fingerprint density at radius 3 is 2.58 bits per heavy atom. The summed E-state index contributed by atoms with van der Waals surface area (Å²) in [5.74, 6) is 1.38. The summed E-state index contributed by atoms with van der Waals surface area (Å²) in [5, 5.41) is 0. The van der Waals surface area contributed by atoms with Crippen LogP contribution in [0.25, 0.3) is 0 Å². The minimum atomic E-state index is 0.482. The zero-order valence-corrected chi connectivity index (χ0v) is 11.5. The third-order valence-corrected chi connectivity index (χ3v) is 4.42. The Morgan fingerprint density at radius 1 is 1.11 bits per heavy atom. The average Bonchev–Trinajstić information content (AvgIpc) is 3.10. The van der Waals surface area contributed by atoms with E-state index >= 15 is 0 Å². The Balaban J connectivity index is 1.62. The maximum absolute atomic E-state index is 6.18. The summed E-state index contributed by atoms with van der Waals surface area (Å²) in [5.41, 5.74) is 7.60. The lowest BCUT2D eigenvalue weighted by atomic mass is 9.99. The zero-order valence-electron chi connectivity index (χ0n) is 11.5. The fourth-order valence-corrected chi connectivity index (χ4v) is 3.27. The van der Waals surface area contributed by atoms with Gasteiger partial charge in [0.1, 0.15) is 0 Å². The van der Waals surface area contributed by atoms with E-state index in [9.17, 15) is 0 Å². The number of rotatable bonds is 2. The zero-order chi connectivity index (χ0) is 13.1. The van der Waals surface area contributed by atoms with Gasteiger partial charge >= 0.3 is 0 Å². The number of nitrogens with two attached hydrogens (primary N) is 1. The van der Waals surface area contributed by atoms with Gasteiger partial charge in [-0.15, -0.1) is 0 Å². The Bertz CT molecular complexity index is 435. The molecule has 1 saturated heterocycles. The maximum Gasteiger partial charge on any atom is 0.191 e. The lowest BCUT2D eigenvalue weighted by Gasteiger charge is -2.19. The van der Waals surface area contributed by atoms with Gasteiger partial charge in [0.05, 0.1) is 6.04 Å². The first-order valence-corrected chi connectivity index (χ1v) is 7.46.